The summed E-state index contributed by atoms with van der Waals surface area (Å²) in [6, 6.07) is 12.8. The lowest BCUT2D eigenvalue weighted by atomic mass is 10.1. The summed E-state index contributed by atoms with van der Waals surface area (Å²) in [7, 11) is 0. The Bertz CT molecular complexity index is 766. The van der Waals surface area contributed by atoms with E-state index in [0.29, 0.717) is 6.54 Å². The van der Waals surface area contributed by atoms with Crippen LogP contribution >= 0.6 is 11.3 Å². The zero-order valence-corrected chi connectivity index (χ0v) is 16.7. The molecule has 0 aliphatic carbocycles. The summed E-state index contributed by atoms with van der Waals surface area (Å²) in [4.78, 5) is 27.7. The predicted octanol–water partition coefficient (Wildman–Crippen LogP) is 2.81. The summed E-state index contributed by atoms with van der Waals surface area (Å²) in [5.74, 6) is 0.0404. The minimum atomic E-state index is -0.719. The largest absolute Gasteiger partial charge is 0.445 e. The highest BCUT2D eigenvalue weighted by Crippen LogP contribution is 2.20. The van der Waals surface area contributed by atoms with Crippen LogP contribution in [-0.4, -0.2) is 47.2 Å². The minimum Gasteiger partial charge on any atom is -0.445 e. The Kier molecular flexibility index (Phi) is 7.06. The van der Waals surface area contributed by atoms with Gasteiger partial charge in [-0.05, 0) is 29.3 Å². The monoisotopic (exact) mass is 402 g/mol. The van der Waals surface area contributed by atoms with Crippen molar-refractivity contribution in [2.24, 2.45) is 5.92 Å². The van der Waals surface area contributed by atoms with Crippen LogP contribution in [0.3, 0.4) is 0 Å². The lowest BCUT2D eigenvalue weighted by Crippen LogP contribution is -2.47. The summed E-state index contributed by atoms with van der Waals surface area (Å²) in [6.45, 7) is 2.85. The first-order chi connectivity index (χ1) is 13.5. The van der Waals surface area contributed by atoms with Gasteiger partial charge >= 0.3 is 6.09 Å². The molecule has 2 amide bonds. The molecule has 1 aliphatic heterocycles. The molecule has 3 atom stereocenters. The van der Waals surface area contributed by atoms with E-state index < -0.39 is 18.2 Å². The Hall–Kier alpha value is -2.38. The quantitative estimate of drug-likeness (QED) is 0.746. The number of thiophene rings is 1. The van der Waals surface area contributed by atoms with Gasteiger partial charge in [0.1, 0.15) is 12.6 Å². The van der Waals surface area contributed by atoms with Gasteiger partial charge in [0.2, 0.25) is 5.91 Å². The van der Waals surface area contributed by atoms with Gasteiger partial charge in [-0.3, -0.25) is 9.69 Å². The topological polar surface area (TPSA) is 78.9 Å². The molecule has 1 fully saturated rings. The third-order valence-corrected chi connectivity index (χ3v) is 5.67. The van der Waals surface area contributed by atoms with Crippen molar-refractivity contribution in [2.45, 2.75) is 38.5 Å². The minimum absolute atomic E-state index is 0.108. The van der Waals surface area contributed by atoms with Gasteiger partial charge in [-0.25, -0.2) is 4.79 Å². The number of aliphatic hydroxyl groups is 1. The molecule has 0 saturated carbocycles. The van der Waals surface area contributed by atoms with E-state index in [4.69, 9.17) is 4.74 Å². The van der Waals surface area contributed by atoms with Gasteiger partial charge in [0, 0.05) is 17.8 Å². The van der Waals surface area contributed by atoms with Crippen molar-refractivity contribution < 1.29 is 19.4 Å². The summed E-state index contributed by atoms with van der Waals surface area (Å²) in [5, 5.41) is 14.9. The number of nitrogens with zero attached hydrogens (tertiary/aromatic N) is 1. The van der Waals surface area contributed by atoms with E-state index >= 15 is 0 Å². The number of hydrogen-bond acceptors (Lipinski definition) is 5. The standard InChI is InChI=1S/C21H26N2O4S/c1-15(10-18-8-5-9-28-18)12-22-20(25)19-11-17(24)13-23(19)21(26)27-14-16-6-3-2-4-7-16/h2-9,15,17,19,24H,10-14H2,1H3,(H,22,25)/t15?,17-,19+/m1/s1. The highest BCUT2D eigenvalue weighted by molar-refractivity contribution is 7.09. The Balaban J connectivity index is 1.50. The molecule has 1 aromatic heterocycles. The van der Waals surface area contributed by atoms with Crippen molar-refractivity contribution >= 4 is 23.3 Å². The van der Waals surface area contributed by atoms with Crippen LogP contribution in [0.15, 0.2) is 47.8 Å². The van der Waals surface area contributed by atoms with E-state index in [1.807, 2.05) is 41.8 Å². The average molecular weight is 403 g/mol. The first kappa shape index (κ1) is 20.4. The Labute approximate surface area is 169 Å². The molecular formula is C21H26N2O4S. The second-order valence-corrected chi connectivity index (χ2v) is 8.26. The second-order valence-electron chi connectivity index (χ2n) is 7.23. The predicted molar refractivity (Wildman–Crippen MR) is 108 cm³/mol. The molecule has 1 saturated heterocycles. The van der Waals surface area contributed by atoms with Gasteiger partial charge in [-0.2, -0.15) is 0 Å². The van der Waals surface area contributed by atoms with Crippen molar-refractivity contribution in [1.82, 2.24) is 10.2 Å². The molecule has 2 heterocycles. The fourth-order valence-corrected chi connectivity index (χ4v) is 4.17. The maximum absolute atomic E-state index is 12.6. The third kappa shape index (κ3) is 5.56. The van der Waals surface area contributed by atoms with Crippen LogP contribution in [0.1, 0.15) is 23.8 Å². The summed E-state index contributed by atoms with van der Waals surface area (Å²) >= 11 is 1.70. The van der Waals surface area contributed by atoms with E-state index in [2.05, 4.69) is 18.3 Å². The smallest absolute Gasteiger partial charge is 0.410 e. The van der Waals surface area contributed by atoms with Gasteiger partial charge in [0.05, 0.1) is 12.6 Å². The number of carbonyl (C=O) groups is 2. The fourth-order valence-electron chi connectivity index (χ4n) is 3.30. The van der Waals surface area contributed by atoms with Crippen LogP contribution in [0.25, 0.3) is 0 Å². The van der Waals surface area contributed by atoms with E-state index in [-0.39, 0.29) is 31.4 Å². The van der Waals surface area contributed by atoms with Crippen LogP contribution in [0.4, 0.5) is 4.79 Å². The molecule has 28 heavy (non-hydrogen) atoms. The third-order valence-electron chi connectivity index (χ3n) is 4.78. The molecule has 3 rings (SSSR count). The van der Waals surface area contributed by atoms with E-state index in [0.717, 1.165) is 12.0 Å². The Morgan fingerprint density at radius 2 is 2.07 bits per heavy atom. The fraction of sp³-hybridized carbons (Fsp3) is 0.429. The number of benzene rings is 1. The average Bonchev–Trinajstić information content (AvgIpc) is 3.34. The van der Waals surface area contributed by atoms with Gasteiger partial charge in [-0.15, -0.1) is 11.3 Å². The zero-order chi connectivity index (χ0) is 19.9. The van der Waals surface area contributed by atoms with Crippen molar-refractivity contribution in [3.63, 3.8) is 0 Å². The normalized spacial score (nSPS) is 20.0. The van der Waals surface area contributed by atoms with Gasteiger partial charge in [0.15, 0.2) is 0 Å². The number of hydrogen-bond donors (Lipinski definition) is 2. The number of likely N-dealkylation sites (tertiary alicyclic amines) is 1. The van der Waals surface area contributed by atoms with Gasteiger partial charge in [0.25, 0.3) is 0 Å². The van der Waals surface area contributed by atoms with Crippen molar-refractivity contribution in [2.75, 3.05) is 13.1 Å². The van der Waals surface area contributed by atoms with E-state index in [1.165, 1.54) is 9.78 Å². The molecular weight excluding hydrogens is 376 g/mol. The molecule has 7 heteroatoms. The van der Waals surface area contributed by atoms with Crippen LogP contribution in [0.5, 0.6) is 0 Å². The summed E-state index contributed by atoms with van der Waals surface area (Å²) in [5.41, 5.74) is 0.874. The number of nitrogens with one attached hydrogen (secondary N) is 1. The van der Waals surface area contributed by atoms with Crippen LogP contribution in [0, 0.1) is 5.92 Å². The number of rotatable bonds is 7. The van der Waals surface area contributed by atoms with Gasteiger partial charge in [-0.1, -0.05) is 43.3 Å². The molecule has 1 aliphatic rings. The molecule has 1 unspecified atom stereocenters. The van der Waals surface area contributed by atoms with Crippen LogP contribution < -0.4 is 5.32 Å². The second kappa shape index (κ2) is 9.71. The van der Waals surface area contributed by atoms with Crippen molar-refractivity contribution in [1.29, 1.82) is 0 Å². The Morgan fingerprint density at radius 1 is 1.29 bits per heavy atom. The molecule has 6 nitrogen and oxygen atoms in total. The number of aliphatic hydroxyl groups excluding tert-OH is 1. The van der Waals surface area contributed by atoms with Crippen LogP contribution in [0.2, 0.25) is 0 Å². The lowest BCUT2D eigenvalue weighted by Gasteiger charge is -2.23. The van der Waals surface area contributed by atoms with E-state index in [9.17, 15) is 14.7 Å². The summed E-state index contributed by atoms with van der Waals surface area (Å²) in [6.07, 6.45) is -0.171. The Morgan fingerprint density at radius 3 is 2.79 bits per heavy atom. The molecule has 2 N–H and O–H groups in total. The zero-order valence-electron chi connectivity index (χ0n) is 15.9. The molecule has 1 aromatic carbocycles. The summed E-state index contributed by atoms with van der Waals surface area (Å²) < 4.78 is 5.33. The number of ether oxygens (including phenoxy) is 1. The van der Waals surface area contributed by atoms with Gasteiger partial charge < -0.3 is 15.2 Å². The number of amides is 2. The SMILES string of the molecule is CC(CNC(=O)[C@@H]1C[C@@H](O)CN1C(=O)OCc1ccccc1)Cc1cccs1. The molecule has 0 spiro atoms. The maximum Gasteiger partial charge on any atom is 0.410 e. The highest BCUT2D eigenvalue weighted by atomic mass is 32.1. The first-order valence-corrected chi connectivity index (χ1v) is 10.4. The lowest BCUT2D eigenvalue weighted by molar-refractivity contribution is -0.125. The first-order valence-electron chi connectivity index (χ1n) is 9.48. The molecule has 2 aromatic rings. The molecule has 0 bridgehead atoms. The number of carbonyl (C=O) groups excluding carboxylic acids is 2. The molecule has 0 radical (unpaired) electrons. The van der Waals surface area contributed by atoms with E-state index in [1.54, 1.807) is 11.3 Å². The van der Waals surface area contributed by atoms with Crippen molar-refractivity contribution in [3.8, 4) is 0 Å². The maximum atomic E-state index is 12.6. The van der Waals surface area contributed by atoms with Crippen molar-refractivity contribution in [3.05, 3.63) is 58.3 Å². The van der Waals surface area contributed by atoms with Crippen LogP contribution in [-0.2, 0) is 22.6 Å². The molecule has 150 valence electrons. The highest BCUT2D eigenvalue weighted by Gasteiger charge is 2.39. The number of β-amino-alcohol motifs (C(OH)–C–C–N with tert-alkyl or cyclic N) is 1.